The van der Waals surface area contributed by atoms with E-state index in [1.54, 1.807) is 13.8 Å². The van der Waals surface area contributed by atoms with Crippen LogP contribution in [0, 0.1) is 25.2 Å². The van der Waals surface area contributed by atoms with Crippen LogP contribution in [0.5, 0.6) is 0 Å². The molecule has 0 fully saturated rings. The van der Waals surface area contributed by atoms with E-state index in [1.165, 1.54) is 0 Å². The first-order chi connectivity index (χ1) is 9.64. The molecule has 0 radical (unpaired) electrons. The summed E-state index contributed by atoms with van der Waals surface area (Å²) in [6, 6.07) is 5.81. The Labute approximate surface area is 127 Å². The Balaban J connectivity index is 2.79. The largest absolute Gasteiger partial charge is 0.355 e. The minimum absolute atomic E-state index is 0.251. The molecule has 1 aromatic rings. The van der Waals surface area contributed by atoms with Crippen LogP contribution in [-0.2, 0) is 9.59 Å². The average molecular weight is 290 g/mol. The molecule has 0 saturated heterocycles. The van der Waals surface area contributed by atoms with Gasteiger partial charge in [-0.05, 0) is 45.2 Å². The van der Waals surface area contributed by atoms with Crippen LogP contribution in [0.15, 0.2) is 18.2 Å². The minimum Gasteiger partial charge on any atom is -0.355 e. The fraction of sp³-hybridized carbons (Fsp3) is 0.529. The smallest absolute Gasteiger partial charge is 0.239 e. The maximum atomic E-state index is 12.4. The van der Waals surface area contributed by atoms with Crippen LogP contribution in [0.1, 0.15) is 38.8 Å². The number of rotatable bonds is 5. The summed E-state index contributed by atoms with van der Waals surface area (Å²) in [5.74, 6) is -0.193. The number of amides is 2. The highest BCUT2D eigenvalue weighted by Gasteiger charge is 2.36. The van der Waals surface area contributed by atoms with Crippen molar-refractivity contribution in [2.24, 2.45) is 11.3 Å². The fourth-order valence-corrected chi connectivity index (χ4v) is 1.85. The Kier molecular flexibility index (Phi) is 5.53. The Morgan fingerprint density at radius 1 is 1.14 bits per heavy atom. The van der Waals surface area contributed by atoms with Gasteiger partial charge in [-0.25, -0.2) is 0 Å². The van der Waals surface area contributed by atoms with E-state index in [9.17, 15) is 9.59 Å². The lowest BCUT2D eigenvalue weighted by Gasteiger charge is -2.24. The summed E-state index contributed by atoms with van der Waals surface area (Å²) in [7, 11) is 0. The maximum absolute atomic E-state index is 12.4. The number of carbonyl (C=O) groups is 2. The zero-order chi connectivity index (χ0) is 16.2. The Hall–Kier alpha value is -1.84. The first-order valence-corrected chi connectivity index (χ1v) is 7.31. The van der Waals surface area contributed by atoms with E-state index in [4.69, 9.17) is 0 Å². The molecule has 4 nitrogen and oxygen atoms in total. The quantitative estimate of drug-likeness (QED) is 0.819. The van der Waals surface area contributed by atoms with E-state index in [0.29, 0.717) is 12.5 Å². The molecular formula is C17H26N2O2. The van der Waals surface area contributed by atoms with Crippen molar-refractivity contribution in [2.75, 3.05) is 11.9 Å². The van der Waals surface area contributed by atoms with Crippen LogP contribution in [0.3, 0.4) is 0 Å². The van der Waals surface area contributed by atoms with Crippen LogP contribution >= 0.6 is 0 Å². The second-order valence-electron chi connectivity index (χ2n) is 6.50. The number of hydrogen-bond donors (Lipinski definition) is 2. The lowest BCUT2D eigenvalue weighted by molar-refractivity contribution is -0.138. The van der Waals surface area contributed by atoms with Gasteiger partial charge in [-0.1, -0.05) is 31.5 Å². The predicted molar refractivity (Wildman–Crippen MR) is 86.2 cm³/mol. The number of carbonyl (C=O) groups excluding carboxylic acids is 2. The third-order valence-corrected chi connectivity index (χ3v) is 3.44. The molecule has 4 heteroatoms. The molecule has 21 heavy (non-hydrogen) atoms. The molecule has 1 rings (SSSR count). The molecule has 2 N–H and O–H groups in total. The Bertz CT molecular complexity index is 534. The summed E-state index contributed by atoms with van der Waals surface area (Å²) >= 11 is 0. The standard InChI is InChI=1S/C17H26N2O2/c1-11(2)10-18-15(20)17(5,6)16(21)19-14-8-7-12(3)9-13(14)4/h7-9,11H,10H2,1-6H3,(H,18,20)(H,19,21). The topological polar surface area (TPSA) is 58.2 Å². The maximum Gasteiger partial charge on any atom is 0.239 e. The van der Waals surface area contributed by atoms with Crippen LogP contribution in [0.25, 0.3) is 0 Å². The lowest BCUT2D eigenvalue weighted by Crippen LogP contribution is -2.46. The average Bonchev–Trinajstić information content (AvgIpc) is 2.38. The first-order valence-electron chi connectivity index (χ1n) is 7.31. The molecule has 0 heterocycles. The SMILES string of the molecule is Cc1ccc(NC(=O)C(C)(C)C(=O)NCC(C)C)c(C)c1. The number of anilines is 1. The summed E-state index contributed by atoms with van der Waals surface area (Å²) in [6.45, 7) is 11.8. The van der Waals surface area contributed by atoms with Crippen LogP contribution in [-0.4, -0.2) is 18.4 Å². The van der Waals surface area contributed by atoms with Crippen molar-refractivity contribution in [3.63, 3.8) is 0 Å². The van der Waals surface area contributed by atoms with E-state index in [2.05, 4.69) is 10.6 Å². The molecule has 0 aliphatic carbocycles. The van der Waals surface area contributed by atoms with Crippen molar-refractivity contribution in [1.82, 2.24) is 5.32 Å². The summed E-state index contributed by atoms with van der Waals surface area (Å²) in [5.41, 5.74) is 1.77. The number of hydrogen-bond acceptors (Lipinski definition) is 2. The Morgan fingerprint density at radius 2 is 1.76 bits per heavy atom. The number of aryl methyl sites for hydroxylation is 2. The van der Waals surface area contributed by atoms with Gasteiger partial charge in [0.2, 0.25) is 11.8 Å². The predicted octanol–water partition coefficient (Wildman–Crippen LogP) is 3.04. The molecule has 0 aromatic heterocycles. The molecule has 1 aromatic carbocycles. The molecule has 116 valence electrons. The van der Waals surface area contributed by atoms with Crippen molar-refractivity contribution in [1.29, 1.82) is 0 Å². The van der Waals surface area contributed by atoms with Gasteiger partial charge >= 0.3 is 0 Å². The minimum atomic E-state index is -1.10. The van der Waals surface area contributed by atoms with E-state index in [0.717, 1.165) is 16.8 Å². The lowest BCUT2D eigenvalue weighted by atomic mass is 9.90. The third-order valence-electron chi connectivity index (χ3n) is 3.44. The summed E-state index contributed by atoms with van der Waals surface area (Å²) in [4.78, 5) is 24.6. The van der Waals surface area contributed by atoms with Crippen molar-refractivity contribution in [2.45, 2.75) is 41.5 Å². The molecule has 0 unspecified atom stereocenters. The summed E-state index contributed by atoms with van der Waals surface area (Å²) < 4.78 is 0. The number of benzene rings is 1. The van der Waals surface area contributed by atoms with Crippen molar-refractivity contribution in [3.8, 4) is 0 Å². The van der Waals surface area contributed by atoms with Gasteiger partial charge in [-0.2, -0.15) is 0 Å². The molecule has 0 aliphatic heterocycles. The Morgan fingerprint density at radius 3 is 2.29 bits per heavy atom. The van der Waals surface area contributed by atoms with Gasteiger partial charge in [0, 0.05) is 12.2 Å². The van der Waals surface area contributed by atoms with Gasteiger partial charge in [0.1, 0.15) is 5.41 Å². The molecule has 0 saturated carbocycles. The van der Waals surface area contributed by atoms with Crippen LogP contribution in [0.2, 0.25) is 0 Å². The summed E-state index contributed by atoms with van der Waals surface area (Å²) in [6.07, 6.45) is 0. The van der Waals surface area contributed by atoms with Crippen molar-refractivity contribution >= 4 is 17.5 Å². The van der Waals surface area contributed by atoms with E-state index >= 15 is 0 Å². The van der Waals surface area contributed by atoms with E-state index in [1.807, 2.05) is 45.9 Å². The van der Waals surface area contributed by atoms with Gasteiger partial charge in [0.25, 0.3) is 0 Å². The molecule has 0 atom stereocenters. The monoisotopic (exact) mass is 290 g/mol. The normalized spacial score (nSPS) is 11.4. The van der Waals surface area contributed by atoms with Gasteiger partial charge < -0.3 is 10.6 Å². The van der Waals surface area contributed by atoms with Gasteiger partial charge in [-0.15, -0.1) is 0 Å². The van der Waals surface area contributed by atoms with E-state index < -0.39 is 5.41 Å². The highest BCUT2D eigenvalue weighted by Crippen LogP contribution is 2.22. The van der Waals surface area contributed by atoms with Gasteiger partial charge in [0.05, 0.1) is 0 Å². The third kappa shape index (κ3) is 4.59. The molecule has 0 bridgehead atoms. The molecule has 0 aliphatic rings. The molecule has 0 spiro atoms. The van der Waals surface area contributed by atoms with Crippen LogP contribution in [0.4, 0.5) is 5.69 Å². The second kappa shape index (κ2) is 6.74. The highest BCUT2D eigenvalue weighted by molar-refractivity contribution is 6.10. The van der Waals surface area contributed by atoms with Crippen molar-refractivity contribution in [3.05, 3.63) is 29.3 Å². The van der Waals surface area contributed by atoms with Gasteiger partial charge in [-0.3, -0.25) is 9.59 Å². The molecular weight excluding hydrogens is 264 g/mol. The van der Waals surface area contributed by atoms with Crippen molar-refractivity contribution < 1.29 is 9.59 Å². The van der Waals surface area contributed by atoms with Gasteiger partial charge in [0.15, 0.2) is 0 Å². The fourth-order valence-electron chi connectivity index (χ4n) is 1.85. The zero-order valence-electron chi connectivity index (χ0n) is 13.8. The molecule has 2 amide bonds. The summed E-state index contributed by atoms with van der Waals surface area (Å²) in [5, 5.41) is 5.66. The second-order valence-corrected chi connectivity index (χ2v) is 6.50. The highest BCUT2D eigenvalue weighted by atomic mass is 16.2. The number of nitrogens with one attached hydrogen (secondary N) is 2. The first kappa shape index (κ1) is 17.2. The van der Waals surface area contributed by atoms with Crippen LogP contribution < -0.4 is 10.6 Å². The zero-order valence-corrected chi connectivity index (χ0v) is 13.8. The van der Waals surface area contributed by atoms with E-state index in [-0.39, 0.29) is 11.8 Å².